The van der Waals surface area contributed by atoms with Gasteiger partial charge in [-0.05, 0) is 55.8 Å². The molecule has 0 spiro atoms. The molecule has 0 radical (unpaired) electrons. The van der Waals surface area contributed by atoms with Crippen molar-refractivity contribution in [3.05, 3.63) is 48.0 Å². The second-order valence-electron chi connectivity index (χ2n) is 5.12. The lowest BCUT2D eigenvalue weighted by Gasteiger charge is -2.22. The number of halogens is 1. The Morgan fingerprint density at radius 3 is 2.68 bits per heavy atom. The van der Waals surface area contributed by atoms with E-state index >= 15 is 0 Å². The number of nitrogens with one attached hydrogen (secondary N) is 1. The summed E-state index contributed by atoms with van der Waals surface area (Å²) < 4.78 is 18.7. The first-order valence-electron chi connectivity index (χ1n) is 6.89. The van der Waals surface area contributed by atoms with Crippen molar-refractivity contribution in [2.75, 3.05) is 6.54 Å². The minimum atomic E-state index is -0.220. The summed E-state index contributed by atoms with van der Waals surface area (Å²) >= 11 is 0. The van der Waals surface area contributed by atoms with Gasteiger partial charge in [-0.3, -0.25) is 0 Å². The zero-order valence-corrected chi connectivity index (χ0v) is 10.9. The van der Waals surface area contributed by atoms with Gasteiger partial charge in [-0.1, -0.05) is 6.42 Å². The summed E-state index contributed by atoms with van der Waals surface area (Å²) in [7, 11) is 0. The lowest BCUT2D eigenvalue weighted by Crippen LogP contribution is -2.35. The molecule has 1 aliphatic heterocycles. The normalized spacial score (nSPS) is 19.5. The van der Waals surface area contributed by atoms with Crippen molar-refractivity contribution in [3.8, 4) is 11.3 Å². The van der Waals surface area contributed by atoms with Crippen LogP contribution in [0.5, 0.6) is 0 Å². The highest BCUT2D eigenvalue weighted by molar-refractivity contribution is 5.57. The first-order valence-corrected chi connectivity index (χ1v) is 6.89. The Morgan fingerprint density at radius 2 is 1.95 bits per heavy atom. The van der Waals surface area contributed by atoms with Gasteiger partial charge in [0.1, 0.15) is 17.3 Å². The van der Waals surface area contributed by atoms with E-state index in [1.54, 1.807) is 12.1 Å². The number of hydrogen-bond acceptors (Lipinski definition) is 2. The summed E-state index contributed by atoms with van der Waals surface area (Å²) in [6.45, 7) is 1.11. The minimum absolute atomic E-state index is 0.220. The molecular formula is C16H18FNO. The molecule has 19 heavy (non-hydrogen) atoms. The van der Waals surface area contributed by atoms with Gasteiger partial charge in [-0.25, -0.2) is 4.39 Å². The molecule has 100 valence electrons. The first kappa shape index (κ1) is 12.4. The molecule has 2 nitrogen and oxygen atoms in total. The van der Waals surface area contributed by atoms with Crippen LogP contribution in [0.1, 0.15) is 25.0 Å². The summed E-state index contributed by atoms with van der Waals surface area (Å²) in [6.07, 6.45) is 4.71. The monoisotopic (exact) mass is 259 g/mol. The van der Waals surface area contributed by atoms with Gasteiger partial charge >= 0.3 is 0 Å². The maximum absolute atomic E-state index is 12.9. The molecule has 1 fully saturated rings. The van der Waals surface area contributed by atoms with Crippen LogP contribution in [0.3, 0.4) is 0 Å². The fourth-order valence-electron chi connectivity index (χ4n) is 2.60. The molecular weight excluding hydrogens is 241 g/mol. The largest absolute Gasteiger partial charge is 0.461 e. The molecule has 1 saturated heterocycles. The van der Waals surface area contributed by atoms with Gasteiger partial charge in [-0.2, -0.15) is 0 Å². The Bertz CT molecular complexity index is 526. The maximum atomic E-state index is 12.9. The van der Waals surface area contributed by atoms with Gasteiger partial charge in [0.05, 0.1) is 0 Å². The summed E-state index contributed by atoms with van der Waals surface area (Å²) in [4.78, 5) is 0. The summed E-state index contributed by atoms with van der Waals surface area (Å²) in [5.41, 5.74) is 0.921. The Balaban J connectivity index is 1.70. The predicted molar refractivity (Wildman–Crippen MR) is 73.4 cm³/mol. The van der Waals surface area contributed by atoms with Crippen molar-refractivity contribution < 1.29 is 8.81 Å². The number of furan rings is 1. The van der Waals surface area contributed by atoms with E-state index in [2.05, 4.69) is 5.32 Å². The van der Waals surface area contributed by atoms with Gasteiger partial charge < -0.3 is 9.73 Å². The molecule has 1 atom stereocenters. The zero-order valence-electron chi connectivity index (χ0n) is 10.9. The third-order valence-electron chi connectivity index (χ3n) is 3.65. The quantitative estimate of drug-likeness (QED) is 0.907. The number of piperidine rings is 1. The average Bonchev–Trinajstić information content (AvgIpc) is 2.89. The van der Waals surface area contributed by atoms with Crippen LogP contribution in [0.15, 0.2) is 40.8 Å². The first-order chi connectivity index (χ1) is 9.31. The minimum Gasteiger partial charge on any atom is -0.461 e. The van der Waals surface area contributed by atoms with E-state index in [1.165, 1.54) is 31.4 Å². The lowest BCUT2D eigenvalue weighted by molar-refractivity contribution is 0.375. The van der Waals surface area contributed by atoms with Crippen LogP contribution in [-0.4, -0.2) is 12.6 Å². The molecule has 0 saturated carbocycles. The van der Waals surface area contributed by atoms with E-state index in [1.807, 2.05) is 12.1 Å². The van der Waals surface area contributed by atoms with Crippen LogP contribution in [-0.2, 0) is 6.42 Å². The highest BCUT2D eigenvalue weighted by atomic mass is 19.1. The maximum Gasteiger partial charge on any atom is 0.134 e. The van der Waals surface area contributed by atoms with Gasteiger partial charge in [-0.15, -0.1) is 0 Å². The lowest BCUT2D eigenvalue weighted by atomic mass is 10.0. The van der Waals surface area contributed by atoms with E-state index in [0.29, 0.717) is 6.04 Å². The van der Waals surface area contributed by atoms with E-state index in [-0.39, 0.29) is 5.82 Å². The van der Waals surface area contributed by atoms with Crippen molar-refractivity contribution in [1.29, 1.82) is 0 Å². The molecule has 0 amide bonds. The fraction of sp³-hybridized carbons (Fsp3) is 0.375. The average molecular weight is 259 g/mol. The van der Waals surface area contributed by atoms with Gasteiger partial charge in [0.2, 0.25) is 0 Å². The molecule has 2 aromatic rings. The van der Waals surface area contributed by atoms with Crippen LogP contribution < -0.4 is 5.32 Å². The molecule has 0 bridgehead atoms. The summed E-state index contributed by atoms with van der Waals surface area (Å²) in [6, 6.07) is 10.9. The van der Waals surface area contributed by atoms with E-state index in [0.717, 1.165) is 30.0 Å². The Hall–Kier alpha value is -1.61. The molecule has 1 aromatic carbocycles. The molecule has 1 aliphatic rings. The molecule has 2 heterocycles. The second-order valence-corrected chi connectivity index (χ2v) is 5.12. The van der Waals surface area contributed by atoms with Crippen LogP contribution in [0.25, 0.3) is 11.3 Å². The smallest absolute Gasteiger partial charge is 0.134 e. The molecule has 1 aromatic heterocycles. The van der Waals surface area contributed by atoms with Gasteiger partial charge in [0.15, 0.2) is 0 Å². The van der Waals surface area contributed by atoms with Gasteiger partial charge in [0.25, 0.3) is 0 Å². The molecule has 0 unspecified atom stereocenters. The third-order valence-corrected chi connectivity index (χ3v) is 3.65. The highest BCUT2D eigenvalue weighted by Gasteiger charge is 2.15. The van der Waals surface area contributed by atoms with Crippen molar-refractivity contribution in [2.45, 2.75) is 31.7 Å². The zero-order chi connectivity index (χ0) is 13.1. The standard InChI is InChI=1S/C16H18FNO/c17-13-6-4-12(5-7-13)16-9-8-15(19-16)11-14-3-1-2-10-18-14/h4-9,14,18H,1-3,10-11H2/t14-/m0/s1. The molecule has 0 aliphatic carbocycles. The molecule has 1 N–H and O–H groups in total. The van der Waals surface area contributed by atoms with Crippen molar-refractivity contribution in [2.24, 2.45) is 0 Å². The number of rotatable bonds is 3. The summed E-state index contributed by atoms with van der Waals surface area (Å²) in [5, 5.41) is 3.51. The Kier molecular flexibility index (Phi) is 3.65. The Labute approximate surface area is 112 Å². The Morgan fingerprint density at radius 1 is 1.11 bits per heavy atom. The van der Waals surface area contributed by atoms with Gasteiger partial charge in [0, 0.05) is 18.0 Å². The van der Waals surface area contributed by atoms with E-state index in [4.69, 9.17) is 4.42 Å². The number of benzene rings is 1. The van der Waals surface area contributed by atoms with Crippen molar-refractivity contribution >= 4 is 0 Å². The third kappa shape index (κ3) is 3.04. The second kappa shape index (κ2) is 5.57. The van der Waals surface area contributed by atoms with Crippen LogP contribution in [0.4, 0.5) is 4.39 Å². The number of hydrogen-bond donors (Lipinski definition) is 1. The predicted octanol–water partition coefficient (Wildman–Crippen LogP) is 3.77. The van der Waals surface area contributed by atoms with E-state index in [9.17, 15) is 4.39 Å². The highest BCUT2D eigenvalue weighted by Crippen LogP contribution is 2.24. The van der Waals surface area contributed by atoms with Crippen LogP contribution >= 0.6 is 0 Å². The van der Waals surface area contributed by atoms with Crippen LogP contribution in [0, 0.1) is 5.82 Å². The van der Waals surface area contributed by atoms with Crippen LogP contribution in [0.2, 0.25) is 0 Å². The van der Waals surface area contributed by atoms with Crippen molar-refractivity contribution in [1.82, 2.24) is 5.32 Å². The topological polar surface area (TPSA) is 25.2 Å². The fourth-order valence-corrected chi connectivity index (χ4v) is 2.60. The molecule has 3 rings (SSSR count). The molecule has 3 heteroatoms. The summed E-state index contributed by atoms with van der Waals surface area (Å²) in [5.74, 6) is 1.59. The van der Waals surface area contributed by atoms with E-state index < -0.39 is 0 Å². The van der Waals surface area contributed by atoms with Crippen molar-refractivity contribution in [3.63, 3.8) is 0 Å². The SMILES string of the molecule is Fc1ccc(-c2ccc(C[C@@H]3CCCCN3)o2)cc1.